The number of nitrogens with one attached hydrogen (secondary N) is 2. The number of hydrogen-bond donors (Lipinski definition) is 3. The van der Waals surface area contributed by atoms with Crippen LogP contribution in [0.15, 0.2) is 128 Å². The van der Waals surface area contributed by atoms with Crippen LogP contribution in [-0.2, 0) is 0 Å². The molecule has 0 aliphatic heterocycles. The van der Waals surface area contributed by atoms with Crippen molar-refractivity contribution in [2.24, 2.45) is 0 Å². The Morgan fingerprint density at radius 3 is 1.69 bits per heavy atom. The SMILES string of the molecule is CC(=O)c1cccc(-c2cn3cnc(Nc4ccc(OC(F)(F)F)cc4)cc3n2)c1O.O=[N+]([O-])c1cccc(-c2cn3cnc(Nc4ccc(OC(F)(F)F)cc4)cc3n2)c1. The molecule has 8 aromatic rings. The first-order valence-electron chi connectivity index (χ1n) is 17.5. The number of ether oxygens (including phenoxy) is 2. The Labute approximate surface area is 338 Å². The van der Waals surface area contributed by atoms with Gasteiger partial charge >= 0.3 is 12.7 Å². The van der Waals surface area contributed by atoms with E-state index in [4.69, 9.17) is 0 Å². The summed E-state index contributed by atoms with van der Waals surface area (Å²) in [5, 5.41) is 27.3. The number of nitro groups is 1. The summed E-state index contributed by atoms with van der Waals surface area (Å²) in [5.41, 5.74) is 4.20. The Hall–Kier alpha value is -8.23. The zero-order chi connectivity index (χ0) is 43.5. The van der Waals surface area contributed by atoms with Crippen LogP contribution in [0.1, 0.15) is 17.3 Å². The van der Waals surface area contributed by atoms with Crippen LogP contribution in [0.5, 0.6) is 17.2 Å². The first-order chi connectivity index (χ1) is 29.0. The lowest BCUT2D eigenvalue weighted by Gasteiger charge is -2.10. The summed E-state index contributed by atoms with van der Waals surface area (Å²) < 4.78 is 84.4. The lowest BCUT2D eigenvalue weighted by Crippen LogP contribution is -2.17. The van der Waals surface area contributed by atoms with Gasteiger partial charge in [0.15, 0.2) is 5.78 Å². The van der Waals surface area contributed by atoms with Crippen molar-refractivity contribution in [1.29, 1.82) is 0 Å². The number of nitro benzene ring substituents is 1. The van der Waals surface area contributed by atoms with Gasteiger partial charge in [-0.05, 0) is 67.6 Å². The minimum absolute atomic E-state index is 0.0389. The van der Waals surface area contributed by atoms with E-state index in [2.05, 4.69) is 40.0 Å². The number of para-hydroxylation sites is 1. The Morgan fingerprint density at radius 1 is 0.705 bits per heavy atom. The highest BCUT2D eigenvalue weighted by molar-refractivity contribution is 5.99. The van der Waals surface area contributed by atoms with E-state index in [9.17, 15) is 46.4 Å². The van der Waals surface area contributed by atoms with Crippen molar-refractivity contribution >= 4 is 45.8 Å². The molecule has 4 aromatic carbocycles. The highest BCUT2D eigenvalue weighted by Gasteiger charge is 2.31. The van der Waals surface area contributed by atoms with E-state index in [1.165, 1.54) is 86.3 Å². The minimum Gasteiger partial charge on any atom is -0.506 e. The number of hydrogen-bond acceptors (Lipinski definition) is 12. The van der Waals surface area contributed by atoms with Crippen molar-refractivity contribution in [2.75, 3.05) is 10.6 Å². The second kappa shape index (κ2) is 16.6. The molecule has 0 aliphatic carbocycles. The van der Waals surface area contributed by atoms with Gasteiger partial charge in [0.25, 0.3) is 5.69 Å². The van der Waals surface area contributed by atoms with Crippen LogP contribution >= 0.6 is 0 Å². The lowest BCUT2D eigenvalue weighted by molar-refractivity contribution is -0.384. The fraction of sp³-hybridized carbons (Fsp3) is 0.0750. The normalized spacial score (nSPS) is 11.5. The number of ketones is 1. The number of fused-ring (bicyclic) bond motifs is 2. The van der Waals surface area contributed by atoms with E-state index < -0.39 is 17.6 Å². The summed E-state index contributed by atoms with van der Waals surface area (Å²) in [7, 11) is 0. The molecule has 15 nitrogen and oxygen atoms in total. The highest BCUT2D eigenvalue weighted by atomic mass is 19.4. The van der Waals surface area contributed by atoms with Gasteiger partial charge in [-0.3, -0.25) is 23.7 Å². The summed E-state index contributed by atoms with van der Waals surface area (Å²) in [6.07, 6.45) is -3.14. The molecule has 4 aromatic heterocycles. The van der Waals surface area contributed by atoms with E-state index in [-0.39, 0.29) is 34.3 Å². The van der Waals surface area contributed by atoms with E-state index in [0.717, 1.165) is 0 Å². The van der Waals surface area contributed by atoms with Crippen LogP contribution < -0.4 is 20.1 Å². The third kappa shape index (κ3) is 10.3. The maximum atomic E-state index is 12.3. The number of carbonyl (C=O) groups excluding carboxylic acids is 1. The van der Waals surface area contributed by atoms with Crippen LogP contribution in [0.4, 0.5) is 55.0 Å². The van der Waals surface area contributed by atoms with E-state index in [1.807, 2.05) is 0 Å². The van der Waals surface area contributed by atoms with Crippen LogP contribution in [0.3, 0.4) is 0 Å². The van der Waals surface area contributed by atoms with E-state index in [1.54, 1.807) is 57.6 Å². The highest BCUT2D eigenvalue weighted by Crippen LogP contribution is 2.33. The molecule has 0 unspecified atom stereocenters. The molecule has 0 radical (unpaired) electrons. The third-order valence-corrected chi connectivity index (χ3v) is 8.46. The second-order valence-electron chi connectivity index (χ2n) is 12.8. The Bertz CT molecular complexity index is 2880. The first kappa shape index (κ1) is 40.9. The minimum atomic E-state index is -4.75. The van der Waals surface area contributed by atoms with Gasteiger partial charge in [0, 0.05) is 59.2 Å². The van der Waals surface area contributed by atoms with Crippen molar-refractivity contribution in [3.63, 3.8) is 0 Å². The maximum absolute atomic E-state index is 12.3. The molecule has 21 heteroatoms. The van der Waals surface area contributed by atoms with Gasteiger partial charge in [-0.15, -0.1) is 26.3 Å². The zero-order valence-corrected chi connectivity index (χ0v) is 31.0. The molecule has 8 rings (SSSR count). The van der Waals surface area contributed by atoms with Crippen LogP contribution in [0.25, 0.3) is 33.8 Å². The van der Waals surface area contributed by atoms with Gasteiger partial charge in [-0.1, -0.05) is 18.2 Å². The number of carbonyl (C=O) groups is 1. The number of aromatic hydroxyl groups is 1. The van der Waals surface area contributed by atoms with Crippen LogP contribution in [0.2, 0.25) is 0 Å². The summed E-state index contributed by atoms with van der Waals surface area (Å²) in [6.45, 7) is 1.37. The molecule has 310 valence electrons. The fourth-order valence-electron chi connectivity index (χ4n) is 5.78. The third-order valence-electron chi connectivity index (χ3n) is 8.46. The molecule has 61 heavy (non-hydrogen) atoms. The molecule has 0 amide bonds. The largest absolute Gasteiger partial charge is 0.573 e. The Morgan fingerprint density at radius 2 is 1.20 bits per heavy atom. The van der Waals surface area contributed by atoms with Crippen molar-refractivity contribution < 1.29 is 50.6 Å². The first-order valence-corrected chi connectivity index (χ1v) is 17.5. The number of anilines is 4. The molecule has 3 N–H and O–H groups in total. The Balaban J connectivity index is 0.000000184. The molecule has 0 saturated heterocycles. The van der Waals surface area contributed by atoms with Gasteiger partial charge in [0.2, 0.25) is 0 Å². The van der Waals surface area contributed by atoms with Gasteiger partial charge in [0.1, 0.15) is 52.8 Å². The number of nitrogens with zero attached hydrogens (tertiary/aromatic N) is 7. The number of phenolic OH excluding ortho intramolecular Hbond substituents is 1. The van der Waals surface area contributed by atoms with Gasteiger partial charge in [0.05, 0.1) is 21.9 Å². The van der Waals surface area contributed by atoms with Crippen molar-refractivity contribution in [2.45, 2.75) is 19.6 Å². The number of rotatable bonds is 10. The number of non-ortho nitro benzene ring substituents is 1. The lowest BCUT2D eigenvalue weighted by atomic mass is 10.0. The number of aromatic nitrogens is 6. The standard InChI is InChI=1S/C21H15F3N4O3.C19H12F3N5O3/c1-12(29)15-3-2-4-16(20(15)30)17-10-28-11-25-18(9-19(28)27-17)26-13-5-7-14(8-6-13)31-21(22,23)24;20-19(21,22)30-15-6-4-13(5-7-15)24-17-9-18-25-16(10-26(18)11-23-17)12-2-1-3-14(8-12)27(28)29/h2-11,26,30H,1H3;1-11,24H. The average molecular weight is 844 g/mol. The summed E-state index contributed by atoms with van der Waals surface area (Å²) in [6, 6.07) is 24.7. The predicted molar refractivity (Wildman–Crippen MR) is 208 cm³/mol. The van der Waals surface area contributed by atoms with Crippen molar-refractivity contribution in [3.05, 3.63) is 144 Å². The average Bonchev–Trinajstić information content (AvgIpc) is 3.83. The monoisotopic (exact) mass is 843 g/mol. The second-order valence-corrected chi connectivity index (χ2v) is 12.8. The summed E-state index contributed by atoms with van der Waals surface area (Å²) >= 11 is 0. The Kier molecular flexibility index (Phi) is 11.1. The molecule has 0 bridgehead atoms. The van der Waals surface area contributed by atoms with E-state index in [0.29, 0.717) is 56.8 Å². The van der Waals surface area contributed by atoms with Crippen molar-refractivity contribution in [3.8, 4) is 39.8 Å². The van der Waals surface area contributed by atoms with Crippen LogP contribution in [-0.4, -0.2) is 57.3 Å². The quantitative estimate of drug-likeness (QED) is 0.0513. The van der Waals surface area contributed by atoms with E-state index >= 15 is 0 Å². The number of alkyl halides is 6. The van der Waals surface area contributed by atoms with Gasteiger partial charge in [-0.2, -0.15) is 0 Å². The smallest absolute Gasteiger partial charge is 0.506 e. The molecule has 0 fully saturated rings. The maximum Gasteiger partial charge on any atom is 0.573 e. The summed E-state index contributed by atoms with van der Waals surface area (Å²) in [5.74, 6) is -0.230. The van der Waals surface area contributed by atoms with Crippen LogP contribution in [0, 0.1) is 10.1 Å². The number of imidazole rings is 2. The number of phenols is 1. The molecular formula is C40H27F6N9O6. The zero-order valence-electron chi connectivity index (χ0n) is 31.0. The fourth-order valence-corrected chi connectivity index (χ4v) is 5.78. The molecule has 4 heterocycles. The predicted octanol–water partition coefficient (Wildman–Crippen LogP) is 9.89. The molecular weight excluding hydrogens is 816 g/mol. The van der Waals surface area contributed by atoms with Crippen molar-refractivity contribution in [1.82, 2.24) is 28.7 Å². The number of halogens is 6. The number of benzene rings is 4. The van der Waals surface area contributed by atoms with Gasteiger partial charge < -0.3 is 25.2 Å². The van der Waals surface area contributed by atoms with Gasteiger partial charge in [-0.25, -0.2) is 19.9 Å². The number of Topliss-reactive ketones (excluding diaryl/α,β-unsaturated/α-hetero) is 1. The molecule has 0 atom stereocenters. The molecule has 0 aliphatic rings. The summed E-state index contributed by atoms with van der Waals surface area (Å²) in [4.78, 5) is 39.5. The topological polar surface area (TPSA) is 183 Å². The molecule has 0 saturated carbocycles. The molecule has 0 spiro atoms.